The zero-order valence-corrected chi connectivity index (χ0v) is 15.2. The Morgan fingerprint density at radius 1 is 1.35 bits per heavy atom. The van der Waals surface area contributed by atoms with Crippen molar-refractivity contribution in [1.82, 2.24) is 15.1 Å². The van der Waals surface area contributed by atoms with Gasteiger partial charge in [0.15, 0.2) is 0 Å². The highest BCUT2D eigenvalue weighted by Gasteiger charge is 2.41. The highest BCUT2D eigenvalue weighted by atomic mass is 79.9. The molecule has 0 aliphatic carbocycles. The minimum Gasteiger partial charge on any atom is -0.337 e. The van der Waals surface area contributed by atoms with E-state index in [1.165, 1.54) is 0 Å². The molecule has 1 aromatic carbocycles. The van der Waals surface area contributed by atoms with Crippen LogP contribution in [0.5, 0.6) is 0 Å². The smallest absolute Gasteiger partial charge is 0.317 e. The van der Waals surface area contributed by atoms with Gasteiger partial charge in [0.25, 0.3) is 0 Å². The van der Waals surface area contributed by atoms with Crippen LogP contribution in [-0.4, -0.2) is 54.0 Å². The zero-order valence-electron chi connectivity index (χ0n) is 12.8. The number of halogens is 2. The van der Waals surface area contributed by atoms with E-state index in [9.17, 15) is 9.59 Å². The van der Waals surface area contributed by atoms with Crippen molar-refractivity contribution in [1.29, 1.82) is 0 Å². The van der Waals surface area contributed by atoms with E-state index in [-0.39, 0.29) is 30.4 Å². The molecule has 6 nitrogen and oxygen atoms in total. The van der Waals surface area contributed by atoms with Gasteiger partial charge in [-0.15, -0.1) is 12.4 Å². The largest absolute Gasteiger partial charge is 0.337 e. The Morgan fingerprint density at radius 3 is 2.65 bits per heavy atom. The SMILES string of the molecule is CC(N)(C(=O)N1CCN2C(=O)NCC2C1)c1ccc(Br)cc1.Cl. The second-order valence-electron chi connectivity index (χ2n) is 5.99. The predicted octanol–water partition coefficient (Wildman–Crippen LogP) is 1.28. The van der Waals surface area contributed by atoms with Gasteiger partial charge in [-0.25, -0.2) is 4.79 Å². The molecule has 2 aliphatic heterocycles. The van der Waals surface area contributed by atoms with E-state index < -0.39 is 5.54 Å². The van der Waals surface area contributed by atoms with Gasteiger partial charge < -0.3 is 20.9 Å². The molecule has 23 heavy (non-hydrogen) atoms. The lowest BCUT2D eigenvalue weighted by atomic mass is 9.91. The summed E-state index contributed by atoms with van der Waals surface area (Å²) in [5, 5.41) is 2.81. The first kappa shape index (κ1) is 18.0. The van der Waals surface area contributed by atoms with E-state index in [1.54, 1.807) is 16.7 Å². The highest BCUT2D eigenvalue weighted by Crippen LogP contribution is 2.24. The van der Waals surface area contributed by atoms with Gasteiger partial charge in [0.05, 0.1) is 6.04 Å². The number of nitrogens with zero attached hydrogens (tertiary/aromatic N) is 2. The summed E-state index contributed by atoms with van der Waals surface area (Å²) < 4.78 is 0.948. The molecule has 3 rings (SSSR count). The molecule has 0 aromatic heterocycles. The summed E-state index contributed by atoms with van der Waals surface area (Å²) in [5.41, 5.74) is 6.04. The topological polar surface area (TPSA) is 78.7 Å². The molecule has 1 aromatic rings. The van der Waals surface area contributed by atoms with Gasteiger partial charge in [-0.05, 0) is 24.6 Å². The number of nitrogens with two attached hydrogens (primary N) is 1. The number of rotatable bonds is 2. The molecule has 126 valence electrons. The summed E-state index contributed by atoms with van der Waals surface area (Å²) in [6.45, 7) is 3.93. The summed E-state index contributed by atoms with van der Waals surface area (Å²) in [5.74, 6) is -0.103. The van der Waals surface area contributed by atoms with Gasteiger partial charge in [-0.3, -0.25) is 4.79 Å². The number of carbonyl (C=O) groups excluding carboxylic acids is 2. The number of urea groups is 1. The maximum atomic E-state index is 12.8. The van der Waals surface area contributed by atoms with Crippen LogP contribution >= 0.6 is 28.3 Å². The molecule has 2 atom stereocenters. The average molecular weight is 404 g/mol. The van der Waals surface area contributed by atoms with Crippen LogP contribution in [-0.2, 0) is 10.3 Å². The molecule has 8 heteroatoms. The summed E-state index contributed by atoms with van der Waals surface area (Å²) in [4.78, 5) is 28.0. The molecular weight excluding hydrogens is 384 g/mol. The monoisotopic (exact) mass is 402 g/mol. The molecule has 2 aliphatic rings. The molecule has 3 N–H and O–H groups in total. The fraction of sp³-hybridized carbons (Fsp3) is 0.467. The van der Waals surface area contributed by atoms with Crippen LogP contribution in [0.4, 0.5) is 4.79 Å². The second-order valence-corrected chi connectivity index (χ2v) is 6.91. The van der Waals surface area contributed by atoms with Crippen LogP contribution in [0.2, 0.25) is 0 Å². The minimum atomic E-state index is -1.07. The Labute approximate surface area is 149 Å². The van der Waals surface area contributed by atoms with Gasteiger partial charge in [0, 0.05) is 30.7 Å². The van der Waals surface area contributed by atoms with Gasteiger partial charge in [0.1, 0.15) is 5.54 Å². The van der Waals surface area contributed by atoms with Crippen LogP contribution in [0, 0.1) is 0 Å². The molecule has 0 saturated carbocycles. The molecule has 2 fully saturated rings. The first-order valence-corrected chi connectivity index (χ1v) is 8.07. The van der Waals surface area contributed by atoms with E-state index in [2.05, 4.69) is 21.2 Å². The second kappa shape index (κ2) is 6.67. The first-order chi connectivity index (χ1) is 10.4. The lowest BCUT2D eigenvalue weighted by Crippen LogP contribution is -2.59. The van der Waals surface area contributed by atoms with Crippen LogP contribution < -0.4 is 11.1 Å². The Kier molecular flexibility index (Phi) is 5.23. The predicted molar refractivity (Wildman–Crippen MR) is 93.4 cm³/mol. The van der Waals surface area contributed by atoms with Crippen molar-refractivity contribution in [2.24, 2.45) is 5.73 Å². The molecular formula is C15H20BrClN4O2. The lowest BCUT2D eigenvalue weighted by Gasteiger charge is -2.40. The van der Waals surface area contributed by atoms with E-state index in [0.29, 0.717) is 26.2 Å². The van der Waals surface area contributed by atoms with E-state index in [1.807, 2.05) is 24.3 Å². The van der Waals surface area contributed by atoms with Gasteiger partial charge >= 0.3 is 6.03 Å². The summed E-state index contributed by atoms with van der Waals surface area (Å²) in [6, 6.07) is 7.49. The number of amides is 3. The van der Waals surface area contributed by atoms with Crippen LogP contribution in [0.15, 0.2) is 28.7 Å². The fourth-order valence-electron chi connectivity index (χ4n) is 3.04. The third-order valence-electron chi connectivity index (χ3n) is 4.41. The van der Waals surface area contributed by atoms with E-state index >= 15 is 0 Å². The first-order valence-electron chi connectivity index (χ1n) is 7.28. The average Bonchev–Trinajstić information content (AvgIpc) is 2.88. The van der Waals surface area contributed by atoms with E-state index in [0.717, 1.165) is 10.0 Å². The number of hydrogen-bond donors (Lipinski definition) is 2. The maximum Gasteiger partial charge on any atom is 0.317 e. The number of nitrogens with one attached hydrogen (secondary N) is 1. The number of fused-ring (bicyclic) bond motifs is 1. The quantitative estimate of drug-likeness (QED) is 0.781. The number of piperazine rings is 1. The van der Waals surface area contributed by atoms with Crippen molar-refractivity contribution in [2.45, 2.75) is 18.5 Å². The molecule has 0 bridgehead atoms. The normalized spacial score (nSPS) is 22.7. The molecule has 2 heterocycles. The molecule has 0 radical (unpaired) electrons. The number of carbonyl (C=O) groups is 2. The third kappa shape index (κ3) is 3.32. The zero-order chi connectivity index (χ0) is 15.9. The molecule has 3 amide bonds. The Balaban J connectivity index is 0.00000192. The van der Waals surface area contributed by atoms with Crippen LogP contribution in [0.25, 0.3) is 0 Å². The molecule has 2 unspecified atom stereocenters. The lowest BCUT2D eigenvalue weighted by molar-refractivity contribution is -0.139. The standard InChI is InChI=1S/C15H19BrN4O2.ClH/c1-15(17,10-2-4-11(16)5-3-10)13(21)19-6-7-20-12(9-19)8-18-14(20)22;/h2-5,12H,6-9,17H2,1H3,(H,18,22);1H. The number of hydrogen-bond acceptors (Lipinski definition) is 3. The maximum absolute atomic E-state index is 12.8. The van der Waals surface area contributed by atoms with Gasteiger partial charge in [-0.1, -0.05) is 28.1 Å². The van der Waals surface area contributed by atoms with Crippen molar-refractivity contribution in [3.05, 3.63) is 34.3 Å². The van der Waals surface area contributed by atoms with Gasteiger partial charge in [-0.2, -0.15) is 0 Å². The van der Waals surface area contributed by atoms with Crippen molar-refractivity contribution in [3.63, 3.8) is 0 Å². The van der Waals surface area contributed by atoms with Crippen LogP contribution in [0.1, 0.15) is 12.5 Å². The fourth-order valence-corrected chi connectivity index (χ4v) is 3.30. The highest BCUT2D eigenvalue weighted by molar-refractivity contribution is 9.10. The Hall–Kier alpha value is -1.31. The number of benzene rings is 1. The van der Waals surface area contributed by atoms with Crippen molar-refractivity contribution >= 4 is 40.3 Å². The summed E-state index contributed by atoms with van der Waals surface area (Å²) >= 11 is 3.38. The summed E-state index contributed by atoms with van der Waals surface area (Å²) in [6.07, 6.45) is 0. The van der Waals surface area contributed by atoms with E-state index in [4.69, 9.17) is 5.73 Å². The van der Waals surface area contributed by atoms with Crippen LogP contribution in [0.3, 0.4) is 0 Å². The Morgan fingerprint density at radius 2 is 2.00 bits per heavy atom. The molecule has 2 saturated heterocycles. The Bertz CT molecular complexity index is 608. The third-order valence-corrected chi connectivity index (χ3v) is 4.94. The molecule has 0 spiro atoms. The van der Waals surface area contributed by atoms with Gasteiger partial charge in [0.2, 0.25) is 5.91 Å². The summed E-state index contributed by atoms with van der Waals surface area (Å²) in [7, 11) is 0. The van der Waals surface area contributed by atoms with Crippen molar-refractivity contribution < 1.29 is 9.59 Å². The van der Waals surface area contributed by atoms with Crippen molar-refractivity contribution in [3.8, 4) is 0 Å². The van der Waals surface area contributed by atoms with Crippen molar-refractivity contribution in [2.75, 3.05) is 26.2 Å². The minimum absolute atomic E-state index is 0.